The van der Waals surface area contributed by atoms with E-state index in [1.54, 1.807) is 6.26 Å². The van der Waals surface area contributed by atoms with Gasteiger partial charge in [0.15, 0.2) is 5.96 Å². The van der Waals surface area contributed by atoms with Gasteiger partial charge in [-0.2, -0.15) is 0 Å². The van der Waals surface area contributed by atoms with E-state index < -0.39 is 0 Å². The van der Waals surface area contributed by atoms with Crippen molar-refractivity contribution in [3.05, 3.63) is 53.4 Å². The molecule has 1 unspecified atom stereocenters. The van der Waals surface area contributed by atoms with Crippen molar-refractivity contribution in [2.24, 2.45) is 4.99 Å². The molecule has 0 spiro atoms. The molecule has 22 heavy (non-hydrogen) atoms. The number of guanidine groups is 1. The molecule has 1 heterocycles. The van der Waals surface area contributed by atoms with E-state index in [1.165, 1.54) is 11.1 Å². The maximum absolute atomic E-state index is 4.81. The zero-order valence-corrected chi connectivity index (χ0v) is 15.5. The first-order valence-corrected chi connectivity index (χ1v) is 7.20. The first-order chi connectivity index (χ1) is 10.2. The standard InChI is InChI=1S/C16H22N4O.HI/c1-4-17-16(18-11-14-9-10-21-20-14)19-13(3)15-8-6-5-7-12(15)2;/h5-10,13H,4,11H2,1-3H3,(H2,17,18,19);1H. The van der Waals surface area contributed by atoms with Crippen molar-refractivity contribution < 1.29 is 4.52 Å². The summed E-state index contributed by atoms with van der Waals surface area (Å²) < 4.78 is 4.81. The summed E-state index contributed by atoms with van der Waals surface area (Å²) in [6.07, 6.45) is 1.56. The van der Waals surface area contributed by atoms with Crippen molar-refractivity contribution >= 4 is 29.9 Å². The summed E-state index contributed by atoms with van der Waals surface area (Å²) in [7, 11) is 0. The fourth-order valence-corrected chi connectivity index (χ4v) is 2.15. The van der Waals surface area contributed by atoms with Crippen molar-refractivity contribution in [1.82, 2.24) is 15.8 Å². The van der Waals surface area contributed by atoms with Gasteiger partial charge in [-0.25, -0.2) is 4.99 Å². The van der Waals surface area contributed by atoms with Gasteiger partial charge in [-0.1, -0.05) is 29.4 Å². The second kappa shape index (κ2) is 9.45. The molecule has 0 aliphatic rings. The lowest BCUT2D eigenvalue weighted by molar-refractivity contribution is 0.412. The Morgan fingerprint density at radius 2 is 2.09 bits per heavy atom. The molecule has 2 N–H and O–H groups in total. The molecule has 1 atom stereocenters. The van der Waals surface area contributed by atoms with Crippen LogP contribution in [0.15, 0.2) is 46.1 Å². The topological polar surface area (TPSA) is 62.5 Å². The normalized spacial score (nSPS) is 12.4. The van der Waals surface area contributed by atoms with Crippen LogP contribution in [-0.4, -0.2) is 17.7 Å². The molecule has 6 heteroatoms. The van der Waals surface area contributed by atoms with E-state index in [2.05, 4.69) is 58.9 Å². The molecule has 0 aliphatic carbocycles. The minimum absolute atomic E-state index is 0. The Bertz CT molecular complexity index is 584. The predicted octanol–water partition coefficient (Wildman–Crippen LogP) is 3.42. The average molecular weight is 414 g/mol. The number of aromatic nitrogens is 1. The summed E-state index contributed by atoms with van der Waals surface area (Å²) in [6.45, 7) is 7.60. The molecule has 0 saturated carbocycles. The van der Waals surface area contributed by atoms with E-state index in [9.17, 15) is 0 Å². The van der Waals surface area contributed by atoms with Gasteiger partial charge in [0, 0.05) is 12.6 Å². The average Bonchev–Trinajstić information content (AvgIpc) is 2.98. The summed E-state index contributed by atoms with van der Waals surface area (Å²) in [5, 5.41) is 10.5. The zero-order chi connectivity index (χ0) is 15.1. The van der Waals surface area contributed by atoms with Crippen LogP contribution in [0, 0.1) is 6.92 Å². The highest BCUT2D eigenvalue weighted by atomic mass is 127. The molecule has 0 bridgehead atoms. The lowest BCUT2D eigenvalue weighted by Crippen LogP contribution is -2.38. The van der Waals surface area contributed by atoms with E-state index in [1.807, 2.05) is 13.0 Å². The van der Waals surface area contributed by atoms with Crippen molar-refractivity contribution in [3.8, 4) is 0 Å². The van der Waals surface area contributed by atoms with Gasteiger partial charge < -0.3 is 15.2 Å². The minimum Gasteiger partial charge on any atom is -0.364 e. The second-order valence-electron chi connectivity index (χ2n) is 4.91. The molecule has 0 radical (unpaired) electrons. The second-order valence-corrected chi connectivity index (χ2v) is 4.91. The summed E-state index contributed by atoms with van der Waals surface area (Å²) in [5.74, 6) is 0.774. The van der Waals surface area contributed by atoms with Crippen LogP contribution >= 0.6 is 24.0 Å². The maximum Gasteiger partial charge on any atom is 0.192 e. The monoisotopic (exact) mass is 414 g/mol. The van der Waals surface area contributed by atoms with E-state index in [0.29, 0.717) is 6.54 Å². The number of hydrogen-bond donors (Lipinski definition) is 2. The van der Waals surface area contributed by atoms with Gasteiger partial charge >= 0.3 is 0 Å². The molecule has 0 aliphatic heterocycles. The van der Waals surface area contributed by atoms with Crippen LogP contribution in [0.4, 0.5) is 0 Å². The molecule has 5 nitrogen and oxygen atoms in total. The third-order valence-corrected chi connectivity index (χ3v) is 3.24. The lowest BCUT2D eigenvalue weighted by atomic mass is 10.0. The maximum atomic E-state index is 4.81. The van der Waals surface area contributed by atoms with Crippen LogP contribution in [0.3, 0.4) is 0 Å². The highest BCUT2D eigenvalue weighted by molar-refractivity contribution is 14.0. The number of aliphatic imine (C=N–C) groups is 1. The third kappa shape index (κ3) is 5.32. The molecule has 0 saturated heterocycles. The lowest BCUT2D eigenvalue weighted by Gasteiger charge is -2.19. The number of nitrogens with one attached hydrogen (secondary N) is 2. The van der Waals surface area contributed by atoms with E-state index in [0.717, 1.165) is 18.2 Å². The summed E-state index contributed by atoms with van der Waals surface area (Å²) in [5.41, 5.74) is 3.35. The highest BCUT2D eigenvalue weighted by Crippen LogP contribution is 2.16. The Morgan fingerprint density at radius 3 is 2.73 bits per heavy atom. The number of halogens is 1. The van der Waals surface area contributed by atoms with Crippen molar-refractivity contribution in [3.63, 3.8) is 0 Å². The number of benzene rings is 1. The minimum atomic E-state index is 0. The quantitative estimate of drug-likeness (QED) is 0.447. The number of hydrogen-bond acceptors (Lipinski definition) is 3. The molecule has 0 amide bonds. The van der Waals surface area contributed by atoms with Gasteiger partial charge in [-0.05, 0) is 31.9 Å². The van der Waals surface area contributed by atoms with Crippen LogP contribution in [0.1, 0.15) is 36.7 Å². The van der Waals surface area contributed by atoms with Crippen LogP contribution in [0.2, 0.25) is 0 Å². The zero-order valence-electron chi connectivity index (χ0n) is 13.2. The molecule has 120 valence electrons. The van der Waals surface area contributed by atoms with E-state index >= 15 is 0 Å². The van der Waals surface area contributed by atoms with Gasteiger partial charge in [0.2, 0.25) is 0 Å². The van der Waals surface area contributed by atoms with Crippen LogP contribution in [0.25, 0.3) is 0 Å². The summed E-state index contributed by atoms with van der Waals surface area (Å²) in [6, 6.07) is 10.4. The van der Waals surface area contributed by atoms with Crippen LogP contribution in [0.5, 0.6) is 0 Å². The molecular weight excluding hydrogens is 391 g/mol. The van der Waals surface area contributed by atoms with Crippen molar-refractivity contribution in [2.75, 3.05) is 6.54 Å². The van der Waals surface area contributed by atoms with Gasteiger partial charge in [0.25, 0.3) is 0 Å². The van der Waals surface area contributed by atoms with Crippen molar-refractivity contribution in [1.29, 1.82) is 0 Å². The molecule has 0 fully saturated rings. The summed E-state index contributed by atoms with van der Waals surface area (Å²) in [4.78, 5) is 4.52. The van der Waals surface area contributed by atoms with Gasteiger partial charge in [-0.15, -0.1) is 24.0 Å². The Hall–Kier alpha value is -1.57. The van der Waals surface area contributed by atoms with Crippen molar-refractivity contribution in [2.45, 2.75) is 33.4 Å². The number of rotatable bonds is 5. The number of aryl methyl sites for hydroxylation is 1. The fraction of sp³-hybridized carbons (Fsp3) is 0.375. The largest absolute Gasteiger partial charge is 0.364 e. The Kier molecular flexibility index (Phi) is 7.94. The molecule has 2 rings (SSSR count). The first-order valence-electron chi connectivity index (χ1n) is 7.20. The van der Waals surface area contributed by atoms with Gasteiger partial charge in [-0.3, -0.25) is 0 Å². The van der Waals surface area contributed by atoms with E-state index in [4.69, 9.17) is 4.52 Å². The van der Waals surface area contributed by atoms with Crippen LogP contribution in [-0.2, 0) is 6.54 Å². The Morgan fingerprint density at radius 1 is 1.32 bits per heavy atom. The van der Waals surface area contributed by atoms with Crippen LogP contribution < -0.4 is 10.6 Å². The molecular formula is C16H23IN4O. The fourth-order valence-electron chi connectivity index (χ4n) is 2.15. The SMILES string of the molecule is CCNC(=NCc1ccon1)NC(C)c1ccccc1C.I. The highest BCUT2D eigenvalue weighted by Gasteiger charge is 2.09. The third-order valence-electron chi connectivity index (χ3n) is 3.24. The van der Waals surface area contributed by atoms with E-state index in [-0.39, 0.29) is 30.0 Å². The first kappa shape index (κ1) is 18.5. The van der Waals surface area contributed by atoms with Gasteiger partial charge in [0.05, 0.1) is 12.6 Å². The number of nitrogens with zero attached hydrogens (tertiary/aromatic N) is 2. The van der Waals surface area contributed by atoms with Gasteiger partial charge in [0.1, 0.15) is 12.0 Å². The molecule has 1 aromatic carbocycles. The molecule has 1 aromatic heterocycles. The predicted molar refractivity (Wildman–Crippen MR) is 99.5 cm³/mol. The Balaban J connectivity index is 0.00000242. The molecule has 2 aromatic rings. The smallest absolute Gasteiger partial charge is 0.192 e. The Labute approximate surface area is 148 Å². The summed E-state index contributed by atoms with van der Waals surface area (Å²) >= 11 is 0.